The highest BCUT2D eigenvalue weighted by atomic mass is 16.2. The maximum atomic E-state index is 13.3. The van der Waals surface area contributed by atoms with E-state index in [-0.39, 0.29) is 11.8 Å². The molecule has 3 atom stereocenters. The second-order valence-corrected chi connectivity index (χ2v) is 9.42. The number of aryl methyl sites for hydroxylation is 1. The van der Waals surface area contributed by atoms with Crippen LogP contribution in [0.1, 0.15) is 72.6 Å². The van der Waals surface area contributed by atoms with Crippen LogP contribution in [0.25, 0.3) is 0 Å². The van der Waals surface area contributed by atoms with E-state index in [1.54, 1.807) is 4.90 Å². The van der Waals surface area contributed by atoms with Gasteiger partial charge in [-0.3, -0.25) is 14.5 Å². The Morgan fingerprint density at radius 1 is 1.03 bits per heavy atom. The van der Waals surface area contributed by atoms with Gasteiger partial charge in [-0.15, -0.1) is 0 Å². The molecule has 32 heavy (non-hydrogen) atoms. The van der Waals surface area contributed by atoms with Gasteiger partial charge in [-0.1, -0.05) is 54.4 Å². The van der Waals surface area contributed by atoms with E-state index in [1.807, 2.05) is 55.5 Å². The number of carbonyl (C=O) groups excluding carboxylic acids is 2. The summed E-state index contributed by atoms with van der Waals surface area (Å²) < 4.78 is 0. The molecule has 0 unspecified atom stereocenters. The van der Waals surface area contributed by atoms with Crippen LogP contribution in [0.15, 0.2) is 48.5 Å². The standard InChI is InChI=1S/C27H35N3O2/c1-19-12-14-22(15-13-19)18-30-25(23-10-4-5-11-24(23)27(30)32)26(31)28-16-7-17-29-20(2)8-6-9-21(29)3/h4-5,10-15,20-21,25H,6-9,16-18H2,1-3H3,(H,28,31)/t20-,21+,25-/m1/s1. The Kier molecular flexibility index (Phi) is 6.95. The molecule has 5 nitrogen and oxygen atoms in total. The number of piperidine rings is 1. The van der Waals surface area contributed by atoms with Gasteiger partial charge in [0.25, 0.3) is 5.91 Å². The molecular formula is C27H35N3O2. The highest BCUT2D eigenvalue weighted by Crippen LogP contribution is 2.35. The van der Waals surface area contributed by atoms with Crippen LogP contribution in [0, 0.1) is 6.92 Å². The average Bonchev–Trinajstić information content (AvgIpc) is 3.06. The maximum absolute atomic E-state index is 13.3. The van der Waals surface area contributed by atoms with Crippen LogP contribution >= 0.6 is 0 Å². The zero-order valence-electron chi connectivity index (χ0n) is 19.5. The summed E-state index contributed by atoms with van der Waals surface area (Å²) in [7, 11) is 0. The molecule has 0 radical (unpaired) electrons. The van der Waals surface area contributed by atoms with Crippen molar-refractivity contribution in [2.24, 2.45) is 0 Å². The van der Waals surface area contributed by atoms with Crippen LogP contribution in [0.5, 0.6) is 0 Å². The van der Waals surface area contributed by atoms with E-state index in [1.165, 1.54) is 24.8 Å². The first kappa shape index (κ1) is 22.5. The molecule has 2 aliphatic rings. The highest BCUT2D eigenvalue weighted by Gasteiger charge is 2.40. The SMILES string of the molecule is Cc1ccc(CN2C(=O)c3ccccc3[C@@H]2C(=O)NCCCN2[C@H](C)CCC[C@@H]2C)cc1. The van der Waals surface area contributed by atoms with Crippen molar-refractivity contribution < 1.29 is 9.59 Å². The lowest BCUT2D eigenvalue weighted by molar-refractivity contribution is -0.125. The van der Waals surface area contributed by atoms with Gasteiger partial charge in [0.05, 0.1) is 0 Å². The summed E-state index contributed by atoms with van der Waals surface area (Å²) in [5.41, 5.74) is 3.65. The highest BCUT2D eigenvalue weighted by molar-refractivity contribution is 6.04. The van der Waals surface area contributed by atoms with Crippen LogP contribution in [-0.4, -0.2) is 46.8 Å². The molecule has 4 rings (SSSR count). The van der Waals surface area contributed by atoms with Crippen molar-refractivity contribution in [1.82, 2.24) is 15.1 Å². The van der Waals surface area contributed by atoms with E-state index in [0.717, 1.165) is 24.1 Å². The molecule has 170 valence electrons. The van der Waals surface area contributed by atoms with Gasteiger partial charge in [-0.05, 0) is 57.2 Å². The number of carbonyl (C=O) groups is 2. The fourth-order valence-electron chi connectivity index (χ4n) is 5.19. The number of nitrogens with one attached hydrogen (secondary N) is 1. The summed E-state index contributed by atoms with van der Waals surface area (Å²) in [6, 6.07) is 16.3. The third-order valence-electron chi connectivity index (χ3n) is 7.05. The van der Waals surface area contributed by atoms with Gasteiger partial charge in [-0.25, -0.2) is 0 Å². The molecule has 0 aliphatic carbocycles. The number of benzene rings is 2. The molecular weight excluding hydrogens is 398 g/mol. The second-order valence-electron chi connectivity index (χ2n) is 9.42. The van der Waals surface area contributed by atoms with Gasteiger partial charge < -0.3 is 10.2 Å². The summed E-state index contributed by atoms with van der Waals surface area (Å²) in [5, 5.41) is 3.12. The number of nitrogens with zero attached hydrogens (tertiary/aromatic N) is 2. The van der Waals surface area contributed by atoms with Gasteiger partial charge in [0.15, 0.2) is 0 Å². The fourth-order valence-corrected chi connectivity index (χ4v) is 5.19. The summed E-state index contributed by atoms with van der Waals surface area (Å²) >= 11 is 0. The summed E-state index contributed by atoms with van der Waals surface area (Å²) in [5.74, 6) is -0.160. The lowest BCUT2D eigenvalue weighted by atomic mass is 9.97. The zero-order chi connectivity index (χ0) is 22.7. The van der Waals surface area contributed by atoms with Crippen molar-refractivity contribution in [3.05, 3.63) is 70.8 Å². The molecule has 0 bridgehead atoms. The Labute approximate surface area is 191 Å². The fraction of sp³-hybridized carbons (Fsp3) is 0.481. The van der Waals surface area contributed by atoms with E-state index < -0.39 is 6.04 Å². The quantitative estimate of drug-likeness (QED) is 0.656. The number of amides is 2. The van der Waals surface area contributed by atoms with Crippen LogP contribution in [0.2, 0.25) is 0 Å². The number of hydrogen-bond donors (Lipinski definition) is 1. The number of hydrogen-bond acceptors (Lipinski definition) is 3. The van der Waals surface area contributed by atoms with E-state index in [9.17, 15) is 9.59 Å². The average molecular weight is 434 g/mol. The Morgan fingerprint density at radius 2 is 1.72 bits per heavy atom. The minimum atomic E-state index is -0.576. The molecule has 2 aliphatic heterocycles. The minimum Gasteiger partial charge on any atom is -0.354 e. The van der Waals surface area contributed by atoms with Crippen molar-refractivity contribution in [2.75, 3.05) is 13.1 Å². The van der Waals surface area contributed by atoms with Crippen molar-refractivity contribution in [3.63, 3.8) is 0 Å². The lowest BCUT2D eigenvalue weighted by Gasteiger charge is -2.39. The van der Waals surface area contributed by atoms with E-state index in [0.29, 0.717) is 30.7 Å². The van der Waals surface area contributed by atoms with Crippen molar-refractivity contribution in [1.29, 1.82) is 0 Å². The van der Waals surface area contributed by atoms with Crippen molar-refractivity contribution >= 4 is 11.8 Å². The summed E-state index contributed by atoms with van der Waals surface area (Å²) in [6.07, 6.45) is 4.74. The smallest absolute Gasteiger partial charge is 0.255 e. The molecule has 5 heteroatoms. The molecule has 1 N–H and O–H groups in total. The van der Waals surface area contributed by atoms with Gasteiger partial charge >= 0.3 is 0 Å². The van der Waals surface area contributed by atoms with E-state index in [2.05, 4.69) is 24.1 Å². The van der Waals surface area contributed by atoms with Crippen LogP contribution in [0.4, 0.5) is 0 Å². The van der Waals surface area contributed by atoms with Gasteiger partial charge in [0, 0.05) is 37.3 Å². The van der Waals surface area contributed by atoms with E-state index >= 15 is 0 Å². The first-order chi connectivity index (χ1) is 15.5. The molecule has 1 fully saturated rings. The number of fused-ring (bicyclic) bond motifs is 1. The molecule has 0 saturated carbocycles. The predicted octanol–water partition coefficient (Wildman–Crippen LogP) is 4.46. The Balaban J connectivity index is 1.42. The number of likely N-dealkylation sites (tertiary alicyclic amines) is 1. The Hall–Kier alpha value is -2.66. The monoisotopic (exact) mass is 433 g/mol. The molecule has 2 aromatic carbocycles. The number of rotatable bonds is 7. The first-order valence-corrected chi connectivity index (χ1v) is 11.9. The topological polar surface area (TPSA) is 52.7 Å². The van der Waals surface area contributed by atoms with Gasteiger partial charge in [0.2, 0.25) is 5.91 Å². The first-order valence-electron chi connectivity index (χ1n) is 11.9. The van der Waals surface area contributed by atoms with Crippen molar-refractivity contribution in [2.45, 2.75) is 71.1 Å². The third-order valence-corrected chi connectivity index (χ3v) is 7.05. The lowest BCUT2D eigenvalue weighted by Crippen LogP contribution is -2.45. The van der Waals surface area contributed by atoms with Gasteiger partial charge in [-0.2, -0.15) is 0 Å². The molecule has 0 spiro atoms. The largest absolute Gasteiger partial charge is 0.354 e. The predicted molar refractivity (Wildman–Crippen MR) is 127 cm³/mol. The maximum Gasteiger partial charge on any atom is 0.255 e. The Morgan fingerprint density at radius 3 is 2.44 bits per heavy atom. The molecule has 2 heterocycles. The van der Waals surface area contributed by atoms with Gasteiger partial charge in [0.1, 0.15) is 6.04 Å². The normalized spacial score (nSPS) is 23.3. The van der Waals surface area contributed by atoms with E-state index in [4.69, 9.17) is 0 Å². The minimum absolute atomic E-state index is 0.0720. The summed E-state index contributed by atoms with van der Waals surface area (Å²) in [6.45, 7) is 8.70. The van der Waals surface area contributed by atoms with Crippen molar-refractivity contribution in [3.8, 4) is 0 Å². The molecule has 1 saturated heterocycles. The molecule has 2 amide bonds. The zero-order valence-corrected chi connectivity index (χ0v) is 19.5. The van der Waals surface area contributed by atoms with Crippen LogP contribution in [-0.2, 0) is 11.3 Å². The summed E-state index contributed by atoms with van der Waals surface area (Å²) in [4.78, 5) is 30.7. The Bertz CT molecular complexity index is 946. The third kappa shape index (κ3) is 4.73. The van der Waals surface area contributed by atoms with Crippen LogP contribution < -0.4 is 5.32 Å². The second kappa shape index (κ2) is 9.86. The van der Waals surface area contributed by atoms with Crippen LogP contribution in [0.3, 0.4) is 0 Å². The molecule has 0 aromatic heterocycles. The molecule has 2 aromatic rings.